The van der Waals surface area contributed by atoms with E-state index in [2.05, 4.69) is 31.5 Å². The number of hydrogen-bond donors (Lipinski definition) is 6. The zero-order valence-corrected chi connectivity index (χ0v) is 20.0. The number of halogens is 1. The lowest BCUT2D eigenvalue weighted by Crippen LogP contribution is -2.40. The number of urea groups is 1. The molecule has 3 aliphatic rings. The minimum atomic E-state index is -1.25. The van der Waals surface area contributed by atoms with E-state index in [4.69, 9.17) is 14.9 Å². The summed E-state index contributed by atoms with van der Waals surface area (Å²) < 4.78 is 5.24. The topological polar surface area (TPSA) is 183 Å². The first-order chi connectivity index (χ1) is 15.6. The first-order valence-corrected chi connectivity index (χ1v) is 12.4. The zero-order chi connectivity index (χ0) is 24.2. The van der Waals surface area contributed by atoms with E-state index in [0.717, 1.165) is 29.6 Å². The number of hydrogen-bond acceptors (Lipinski definition) is 8. The van der Waals surface area contributed by atoms with Gasteiger partial charge in [0.1, 0.15) is 6.10 Å². The fraction of sp³-hybridized carbons (Fsp3) is 0.684. The Labute approximate surface area is 201 Å². The van der Waals surface area contributed by atoms with Crippen molar-refractivity contribution in [1.29, 1.82) is 0 Å². The summed E-state index contributed by atoms with van der Waals surface area (Å²) in [6.07, 6.45) is 2.57. The van der Waals surface area contributed by atoms with Crippen molar-refractivity contribution in [3.05, 3.63) is 33.1 Å². The standard InChI is InChI=1S/C10H16N2O3S.C9H11BrN2O5/c13-8(14)4-2-1-3-7-9-6(5-16-7)11-10(15)12-9;10-9(3-5(14)6(4-13)17-9)12-2-1-7(15)11-8(12)16/h6-7,9H,1-5H2,(H,13,14)(H2,11,12,15);1-2,5-6,13-14H,3-4H2,(H,11,15,16)/t6-,7-,9-;5-,6+,9-/m00/s1. The molecular formula is C19H27BrN4O8S. The summed E-state index contributed by atoms with van der Waals surface area (Å²) in [7, 11) is 0. The van der Waals surface area contributed by atoms with Crippen LogP contribution in [0.25, 0.3) is 0 Å². The summed E-state index contributed by atoms with van der Waals surface area (Å²) in [5.41, 5.74) is -1.17. The van der Waals surface area contributed by atoms with E-state index in [0.29, 0.717) is 5.25 Å². The highest BCUT2D eigenvalue weighted by Gasteiger charge is 2.46. The summed E-state index contributed by atoms with van der Waals surface area (Å²) in [5.74, 6) is 0.236. The molecule has 6 N–H and O–H groups in total. The average Bonchev–Trinajstić information content (AvgIpc) is 3.38. The number of carbonyl (C=O) groups is 2. The molecule has 12 nitrogen and oxygen atoms in total. The molecule has 0 unspecified atom stereocenters. The van der Waals surface area contributed by atoms with Crippen molar-refractivity contribution in [2.45, 2.75) is 66.3 Å². The Morgan fingerprint density at radius 2 is 2.06 bits per heavy atom. The number of H-pyrrole nitrogens is 1. The van der Waals surface area contributed by atoms with Crippen LogP contribution < -0.4 is 21.9 Å². The number of unbranched alkanes of at least 4 members (excludes halogenated alkanes) is 1. The fourth-order valence-electron chi connectivity index (χ4n) is 4.01. The van der Waals surface area contributed by atoms with Gasteiger partial charge in [-0.3, -0.25) is 19.1 Å². The van der Waals surface area contributed by atoms with Crippen molar-refractivity contribution in [2.75, 3.05) is 12.4 Å². The largest absolute Gasteiger partial charge is 0.481 e. The van der Waals surface area contributed by atoms with Gasteiger partial charge in [-0.25, -0.2) is 9.59 Å². The Morgan fingerprint density at radius 1 is 1.30 bits per heavy atom. The van der Waals surface area contributed by atoms with E-state index in [1.165, 1.54) is 12.3 Å². The first kappa shape index (κ1) is 25.7. The van der Waals surface area contributed by atoms with Crippen LogP contribution in [0.15, 0.2) is 21.9 Å². The molecule has 3 aliphatic heterocycles. The van der Waals surface area contributed by atoms with E-state index in [9.17, 15) is 24.3 Å². The fourth-order valence-corrected chi connectivity index (χ4v) is 6.40. The molecule has 1 aromatic heterocycles. The van der Waals surface area contributed by atoms with Crippen molar-refractivity contribution in [2.24, 2.45) is 0 Å². The Hall–Kier alpha value is -1.87. The van der Waals surface area contributed by atoms with Gasteiger partial charge in [-0.15, -0.1) is 0 Å². The van der Waals surface area contributed by atoms with Gasteiger partial charge in [0.05, 0.1) is 24.8 Å². The smallest absolute Gasteiger partial charge is 0.331 e. The lowest BCUT2D eigenvalue weighted by Gasteiger charge is -2.23. The number of thioether (sulfide) groups is 1. The van der Waals surface area contributed by atoms with E-state index in [1.54, 1.807) is 0 Å². The average molecular weight is 551 g/mol. The Balaban J connectivity index is 0.000000186. The number of carboxylic acids is 1. The van der Waals surface area contributed by atoms with Crippen molar-refractivity contribution in [1.82, 2.24) is 20.2 Å². The van der Waals surface area contributed by atoms with Gasteiger partial charge in [0.2, 0.25) is 4.63 Å². The number of nitrogens with one attached hydrogen (secondary N) is 3. The first-order valence-electron chi connectivity index (χ1n) is 10.5. The van der Waals surface area contributed by atoms with Crippen LogP contribution in [0, 0.1) is 0 Å². The predicted molar refractivity (Wildman–Crippen MR) is 122 cm³/mol. The lowest BCUT2D eigenvalue weighted by molar-refractivity contribution is -0.137. The molecule has 0 bridgehead atoms. The molecule has 0 aliphatic carbocycles. The number of ether oxygens (including phenoxy) is 1. The number of aromatic nitrogens is 2. The highest BCUT2D eigenvalue weighted by atomic mass is 79.9. The molecule has 0 radical (unpaired) electrons. The Morgan fingerprint density at radius 3 is 2.70 bits per heavy atom. The van der Waals surface area contributed by atoms with E-state index in [1.807, 2.05) is 11.8 Å². The SMILES string of the molecule is O=C(O)CCCC[C@@H]1SC[C@@H]2NC(=O)N[C@@H]21.O=c1ccn([C@@]2(Br)C[C@H](O)[C@@H](CO)O2)c(=O)[nH]1. The Kier molecular flexibility index (Phi) is 8.61. The third-order valence-corrected chi connectivity index (χ3v) is 8.05. The molecule has 3 fully saturated rings. The minimum absolute atomic E-state index is 0.0640. The van der Waals surface area contributed by atoms with Crippen LogP contribution in [0.4, 0.5) is 4.79 Å². The minimum Gasteiger partial charge on any atom is -0.481 e. The van der Waals surface area contributed by atoms with Crippen LogP contribution in [-0.2, 0) is 14.2 Å². The highest BCUT2D eigenvalue weighted by Crippen LogP contribution is 2.39. The van der Waals surface area contributed by atoms with Crippen LogP contribution >= 0.6 is 27.7 Å². The third kappa shape index (κ3) is 6.38. The zero-order valence-electron chi connectivity index (χ0n) is 17.6. The van der Waals surface area contributed by atoms with Crippen molar-refractivity contribution < 1.29 is 29.6 Å². The third-order valence-electron chi connectivity index (χ3n) is 5.65. The van der Waals surface area contributed by atoms with Gasteiger partial charge in [-0.1, -0.05) is 6.42 Å². The number of aliphatic hydroxyl groups is 2. The van der Waals surface area contributed by atoms with E-state index < -0.39 is 34.1 Å². The molecule has 4 rings (SSSR count). The molecule has 4 heterocycles. The van der Waals surface area contributed by atoms with Crippen LogP contribution in [0.5, 0.6) is 0 Å². The quantitative estimate of drug-likeness (QED) is 0.148. The molecule has 2 amide bonds. The van der Waals surface area contributed by atoms with Gasteiger partial charge in [-0.2, -0.15) is 11.8 Å². The number of aliphatic hydroxyl groups excluding tert-OH is 2. The molecular weight excluding hydrogens is 524 g/mol. The molecule has 0 saturated carbocycles. The van der Waals surface area contributed by atoms with Crippen LogP contribution in [-0.4, -0.2) is 78.8 Å². The second-order valence-corrected chi connectivity index (χ2v) is 10.6. The molecule has 33 heavy (non-hydrogen) atoms. The maximum atomic E-state index is 11.6. The second-order valence-electron chi connectivity index (χ2n) is 8.04. The normalized spacial score (nSPS) is 32.5. The van der Waals surface area contributed by atoms with E-state index >= 15 is 0 Å². The summed E-state index contributed by atoms with van der Waals surface area (Å²) in [6, 6.07) is 1.61. The van der Waals surface area contributed by atoms with Crippen LogP contribution in [0.3, 0.4) is 0 Å². The van der Waals surface area contributed by atoms with Gasteiger partial charge >= 0.3 is 17.7 Å². The van der Waals surface area contributed by atoms with Crippen molar-refractivity contribution in [3.8, 4) is 0 Å². The number of amides is 2. The number of aliphatic carboxylic acids is 1. The van der Waals surface area contributed by atoms with E-state index in [-0.39, 0.29) is 37.6 Å². The number of carboxylic acid groups (broad SMARTS) is 1. The summed E-state index contributed by atoms with van der Waals surface area (Å²) in [4.78, 5) is 46.1. The number of carbonyl (C=O) groups excluding carboxylic acids is 1. The molecule has 3 saturated heterocycles. The number of nitrogens with zero attached hydrogens (tertiary/aromatic N) is 1. The van der Waals surface area contributed by atoms with Crippen LogP contribution in [0.2, 0.25) is 0 Å². The predicted octanol–water partition coefficient (Wildman–Crippen LogP) is -0.519. The maximum absolute atomic E-state index is 11.6. The number of aromatic amines is 1. The monoisotopic (exact) mass is 550 g/mol. The van der Waals surface area contributed by atoms with Gasteiger partial charge in [-0.05, 0) is 28.8 Å². The Bertz CT molecular complexity index is 974. The van der Waals surface area contributed by atoms with Crippen LogP contribution in [0.1, 0.15) is 32.1 Å². The second kappa shape index (κ2) is 11.0. The van der Waals surface area contributed by atoms with Gasteiger partial charge in [0, 0.05) is 36.1 Å². The molecule has 0 spiro atoms. The maximum Gasteiger partial charge on any atom is 0.331 e. The molecule has 0 aromatic carbocycles. The van der Waals surface area contributed by atoms with Gasteiger partial charge in [0.25, 0.3) is 5.56 Å². The molecule has 1 aromatic rings. The summed E-state index contributed by atoms with van der Waals surface area (Å²) >= 11 is 5.07. The lowest BCUT2D eigenvalue weighted by atomic mass is 10.0. The molecule has 6 atom stereocenters. The molecule has 14 heteroatoms. The van der Waals surface area contributed by atoms with Gasteiger partial charge < -0.3 is 30.7 Å². The number of alkyl halides is 1. The summed E-state index contributed by atoms with van der Waals surface area (Å²) in [5, 5.41) is 33.4. The van der Waals surface area contributed by atoms with Gasteiger partial charge in [0.15, 0.2) is 0 Å². The summed E-state index contributed by atoms with van der Waals surface area (Å²) in [6.45, 7) is -0.355. The number of fused-ring (bicyclic) bond motifs is 1. The highest BCUT2D eigenvalue weighted by molar-refractivity contribution is 9.09. The van der Waals surface area contributed by atoms with Crippen molar-refractivity contribution in [3.63, 3.8) is 0 Å². The number of rotatable bonds is 7. The van der Waals surface area contributed by atoms with Crippen molar-refractivity contribution >= 4 is 39.7 Å². The molecule has 184 valence electrons.